The molecule has 1 aromatic heterocycles. The fourth-order valence-corrected chi connectivity index (χ4v) is 3.33. The third-order valence-corrected chi connectivity index (χ3v) is 5.20. The van der Waals surface area contributed by atoms with Crippen molar-refractivity contribution in [2.45, 2.75) is 18.9 Å². The van der Waals surface area contributed by atoms with Gasteiger partial charge in [-0.1, -0.05) is 47.5 Å². The van der Waals surface area contributed by atoms with Gasteiger partial charge in [-0.2, -0.15) is 0 Å². The number of aromatic nitrogens is 1. The molecule has 0 radical (unpaired) electrons. The van der Waals surface area contributed by atoms with Crippen LogP contribution in [0.25, 0.3) is 0 Å². The van der Waals surface area contributed by atoms with Crippen LogP contribution >= 0.6 is 47.2 Å². The second kappa shape index (κ2) is 8.45. The largest absolute Gasteiger partial charge is 0.356 e. The Morgan fingerprint density at radius 2 is 2.04 bits per heavy atom. The molecule has 0 fully saturated rings. The lowest BCUT2D eigenvalue weighted by Gasteiger charge is -2.30. The average Bonchev–Trinajstić information content (AvgIpc) is 2.78. The molecule has 1 aliphatic rings. The molecular formula is C17H21Cl2IN4. The molecule has 0 saturated carbocycles. The van der Waals surface area contributed by atoms with Gasteiger partial charge in [-0.15, -0.1) is 24.0 Å². The summed E-state index contributed by atoms with van der Waals surface area (Å²) >= 11 is 12.1. The zero-order chi connectivity index (χ0) is 16.4. The molecule has 1 aromatic carbocycles. The predicted octanol–water partition coefficient (Wildman–Crippen LogP) is 3.95. The maximum absolute atomic E-state index is 6.08. The summed E-state index contributed by atoms with van der Waals surface area (Å²) < 4.78 is 1.87. The van der Waals surface area contributed by atoms with E-state index in [1.165, 1.54) is 11.1 Å². The van der Waals surface area contributed by atoms with Crippen molar-refractivity contribution in [1.29, 1.82) is 0 Å². The molecule has 1 unspecified atom stereocenters. The SMILES string of the molecule is CN=C(NCc1cc(Cl)c(Cl)n1C)NCC1Cc2ccccc21.I. The van der Waals surface area contributed by atoms with Crippen molar-refractivity contribution < 1.29 is 0 Å². The van der Waals surface area contributed by atoms with Crippen molar-refractivity contribution in [2.75, 3.05) is 13.6 Å². The minimum Gasteiger partial charge on any atom is -0.356 e. The second-order valence-electron chi connectivity index (χ2n) is 5.74. The minimum absolute atomic E-state index is 0. The predicted molar refractivity (Wildman–Crippen MR) is 112 cm³/mol. The Labute approximate surface area is 169 Å². The van der Waals surface area contributed by atoms with Gasteiger partial charge < -0.3 is 15.2 Å². The van der Waals surface area contributed by atoms with Crippen molar-refractivity contribution in [3.8, 4) is 0 Å². The summed E-state index contributed by atoms with van der Waals surface area (Å²) in [5.74, 6) is 1.34. The number of nitrogens with zero attached hydrogens (tertiary/aromatic N) is 2. The first-order valence-corrected chi connectivity index (χ1v) is 8.37. The van der Waals surface area contributed by atoms with Crippen LogP contribution in [0.3, 0.4) is 0 Å². The van der Waals surface area contributed by atoms with Gasteiger partial charge in [-0.25, -0.2) is 0 Å². The molecule has 1 aliphatic carbocycles. The lowest BCUT2D eigenvalue weighted by molar-refractivity contribution is 0.583. The lowest BCUT2D eigenvalue weighted by Crippen LogP contribution is -2.41. The summed E-state index contributed by atoms with van der Waals surface area (Å²) in [5, 5.41) is 7.81. The van der Waals surface area contributed by atoms with Crippen LogP contribution in [0.1, 0.15) is 22.7 Å². The number of nitrogens with one attached hydrogen (secondary N) is 2. The summed E-state index contributed by atoms with van der Waals surface area (Å²) in [6.45, 7) is 1.50. The third kappa shape index (κ3) is 4.00. The molecule has 0 amide bonds. The summed E-state index contributed by atoms with van der Waals surface area (Å²) in [7, 11) is 3.67. The highest BCUT2D eigenvalue weighted by molar-refractivity contribution is 14.0. The van der Waals surface area contributed by atoms with Crippen molar-refractivity contribution in [3.63, 3.8) is 0 Å². The molecule has 130 valence electrons. The highest BCUT2D eigenvalue weighted by Crippen LogP contribution is 2.33. The summed E-state index contributed by atoms with van der Waals surface area (Å²) in [6.07, 6.45) is 1.13. The summed E-state index contributed by atoms with van der Waals surface area (Å²) in [6, 6.07) is 10.5. The van der Waals surface area contributed by atoms with E-state index in [1.807, 2.05) is 17.7 Å². The van der Waals surface area contributed by atoms with E-state index >= 15 is 0 Å². The molecule has 4 nitrogen and oxygen atoms in total. The molecule has 0 aliphatic heterocycles. The maximum Gasteiger partial charge on any atom is 0.191 e. The van der Waals surface area contributed by atoms with Crippen LogP contribution in [-0.2, 0) is 20.0 Å². The number of hydrogen-bond donors (Lipinski definition) is 2. The monoisotopic (exact) mass is 478 g/mol. The molecule has 1 atom stereocenters. The second-order valence-corrected chi connectivity index (χ2v) is 6.51. The van der Waals surface area contributed by atoms with Gasteiger partial charge >= 0.3 is 0 Å². The smallest absolute Gasteiger partial charge is 0.191 e. The van der Waals surface area contributed by atoms with Gasteiger partial charge in [-0.3, -0.25) is 4.99 Å². The lowest BCUT2D eigenvalue weighted by atomic mass is 9.78. The Hall–Kier alpha value is -0.920. The maximum atomic E-state index is 6.08. The molecule has 7 heteroatoms. The van der Waals surface area contributed by atoms with Crippen molar-refractivity contribution in [1.82, 2.24) is 15.2 Å². The Bertz CT molecular complexity index is 742. The molecule has 2 N–H and O–H groups in total. The molecule has 0 saturated heterocycles. The van der Waals surface area contributed by atoms with E-state index in [0.29, 0.717) is 22.6 Å². The number of fused-ring (bicyclic) bond motifs is 1. The zero-order valence-electron chi connectivity index (χ0n) is 13.6. The topological polar surface area (TPSA) is 41.4 Å². The van der Waals surface area contributed by atoms with E-state index in [2.05, 4.69) is 39.9 Å². The highest BCUT2D eigenvalue weighted by Gasteiger charge is 2.25. The number of hydrogen-bond acceptors (Lipinski definition) is 1. The summed E-state index contributed by atoms with van der Waals surface area (Å²) in [4.78, 5) is 4.27. The fourth-order valence-electron chi connectivity index (χ4n) is 2.92. The van der Waals surface area contributed by atoms with Crippen molar-refractivity contribution in [2.24, 2.45) is 12.0 Å². The van der Waals surface area contributed by atoms with Crippen LogP contribution in [0.4, 0.5) is 0 Å². The van der Waals surface area contributed by atoms with E-state index in [4.69, 9.17) is 23.2 Å². The zero-order valence-corrected chi connectivity index (χ0v) is 17.5. The highest BCUT2D eigenvalue weighted by atomic mass is 127. The van der Waals surface area contributed by atoms with Crippen molar-refractivity contribution >= 4 is 53.1 Å². The number of benzene rings is 1. The number of aliphatic imine (C=N–C) groups is 1. The molecule has 1 heterocycles. The van der Waals surface area contributed by atoms with E-state index in [1.54, 1.807) is 7.05 Å². The molecular weight excluding hydrogens is 458 g/mol. The van der Waals surface area contributed by atoms with Crippen molar-refractivity contribution in [3.05, 3.63) is 57.3 Å². The molecule has 0 spiro atoms. The Morgan fingerprint density at radius 1 is 1.29 bits per heavy atom. The Balaban J connectivity index is 0.00000208. The van der Waals surface area contributed by atoms with Gasteiger partial charge in [0.2, 0.25) is 0 Å². The van der Waals surface area contributed by atoms with E-state index < -0.39 is 0 Å². The van der Waals surface area contributed by atoms with Gasteiger partial charge in [0.25, 0.3) is 0 Å². The first-order valence-electron chi connectivity index (χ1n) is 7.62. The Morgan fingerprint density at radius 3 is 2.67 bits per heavy atom. The van der Waals surface area contributed by atoms with Crippen LogP contribution in [0.2, 0.25) is 10.2 Å². The Kier molecular flexibility index (Phi) is 6.83. The van der Waals surface area contributed by atoms with E-state index in [0.717, 1.165) is 24.6 Å². The average molecular weight is 479 g/mol. The fraction of sp³-hybridized carbons (Fsp3) is 0.353. The van der Waals surface area contributed by atoms with Gasteiger partial charge in [0, 0.05) is 32.3 Å². The minimum atomic E-state index is 0. The van der Waals surface area contributed by atoms with Crippen LogP contribution < -0.4 is 10.6 Å². The first-order chi connectivity index (χ1) is 11.1. The standard InChI is InChI=1S/C17H20Cl2N4.HI/c1-20-17(22-10-13-8-15(18)16(19)23(13)2)21-9-12-7-11-5-3-4-6-14(11)12;/h3-6,8,12H,7,9-10H2,1-2H3,(H2,20,21,22);1H. The number of rotatable bonds is 4. The number of halogens is 3. The van der Waals surface area contributed by atoms with Gasteiger partial charge in [0.1, 0.15) is 5.15 Å². The molecule has 24 heavy (non-hydrogen) atoms. The first kappa shape index (κ1) is 19.4. The molecule has 0 bridgehead atoms. The quantitative estimate of drug-likeness (QED) is 0.397. The van der Waals surface area contributed by atoms with E-state index in [9.17, 15) is 0 Å². The van der Waals surface area contributed by atoms with Gasteiger partial charge in [0.15, 0.2) is 5.96 Å². The van der Waals surface area contributed by atoms with Crippen LogP contribution in [0.5, 0.6) is 0 Å². The molecule has 3 rings (SSSR count). The third-order valence-electron chi connectivity index (χ3n) is 4.35. The van der Waals surface area contributed by atoms with Gasteiger partial charge in [-0.05, 0) is 23.6 Å². The van der Waals surface area contributed by atoms with Crippen LogP contribution in [0, 0.1) is 0 Å². The number of guanidine groups is 1. The van der Waals surface area contributed by atoms with E-state index in [-0.39, 0.29) is 24.0 Å². The molecule has 2 aromatic rings. The normalized spacial score (nSPS) is 16.0. The van der Waals surface area contributed by atoms with Crippen LogP contribution in [-0.4, -0.2) is 24.1 Å². The van der Waals surface area contributed by atoms with Crippen LogP contribution in [0.15, 0.2) is 35.3 Å². The van der Waals surface area contributed by atoms with Gasteiger partial charge in [0.05, 0.1) is 11.6 Å². The summed E-state index contributed by atoms with van der Waals surface area (Å²) in [5.41, 5.74) is 3.91.